The lowest BCUT2D eigenvalue weighted by Gasteiger charge is -2.22. The van der Waals surface area contributed by atoms with Crippen LogP contribution in [0.15, 0.2) is 18.2 Å². The fourth-order valence-electron chi connectivity index (χ4n) is 2.98. The SMILES string of the molecule is CN(CC(=O)N1CCCC1)c1ccc(C(=O)NC2CC2)cc1[N+](=O)[O-]. The minimum Gasteiger partial charge on any atom is -0.360 e. The maximum Gasteiger partial charge on any atom is 0.293 e. The molecule has 2 amide bonds. The van der Waals surface area contributed by atoms with Gasteiger partial charge >= 0.3 is 0 Å². The van der Waals surface area contributed by atoms with Crippen LogP contribution in [0.25, 0.3) is 0 Å². The van der Waals surface area contributed by atoms with Gasteiger partial charge in [-0.25, -0.2) is 0 Å². The molecular formula is C17H22N4O4. The zero-order chi connectivity index (χ0) is 18.0. The van der Waals surface area contributed by atoms with E-state index in [2.05, 4.69) is 5.32 Å². The highest BCUT2D eigenvalue weighted by molar-refractivity contribution is 5.96. The smallest absolute Gasteiger partial charge is 0.293 e. The van der Waals surface area contributed by atoms with E-state index >= 15 is 0 Å². The summed E-state index contributed by atoms with van der Waals surface area (Å²) in [6.45, 7) is 1.57. The van der Waals surface area contributed by atoms with Gasteiger partial charge < -0.3 is 15.1 Å². The van der Waals surface area contributed by atoms with Crippen molar-refractivity contribution in [2.24, 2.45) is 0 Å². The third-order valence-corrected chi connectivity index (χ3v) is 4.59. The Morgan fingerprint density at radius 1 is 1.32 bits per heavy atom. The number of hydrogen-bond donors (Lipinski definition) is 1. The van der Waals surface area contributed by atoms with Gasteiger partial charge in [0.25, 0.3) is 11.6 Å². The molecule has 8 heteroatoms. The summed E-state index contributed by atoms with van der Waals surface area (Å²) >= 11 is 0. The molecule has 25 heavy (non-hydrogen) atoms. The minimum absolute atomic E-state index is 0.0372. The van der Waals surface area contributed by atoms with E-state index in [0.29, 0.717) is 5.69 Å². The van der Waals surface area contributed by atoms with Crippen LogP contribution >= 0.6 is 0 Å². The maximum atomic E-state index is 12.3. The number of nitrogens with zero attached hydrogens (tertiary/aromatic N) is 3. The lowest BCUT2D eigenvalue weighted by Crippen LogP contribution is -2.37. The number of nitrogens with one attached hydrogen (secondary N) is 1. The van der Waals surface area contributed by atoms with Crippen LogP contribution in [0.4, 0.5) is 11.4 Å². The Hall–Kier alpha value is -2.64. The van der Waals surface area contributed by atoms with Gasteiger partial charge in [0.1, 0.15) is 5.69 Å². The van der Waals surface area contributed by atoms with Crippen molar-refractivity contribution < 1.29 is 14.5 Å². The molecule has 3 rings (SSSR count). The number of carbonyl (C=O) groups is 2. The number of amides is 2. The molecule has 8 nitrogen and oxygen atoms in total. The van der Waals surface area contributed by atoms with E-state index in [1.807, 2.05) is 0 Å². The average molecular weight is 346 g/mol. The summed E-state index contributed by atoms with van der Waals surface area (Å²) < 4.78 is 0. The number of nitro benzene ring substituents is 1. The summed E-state index contributed by atoms with van der Waals surface area (Å²) in [4.78, 5) is 38.6. The second kappa shape index (κ2) is 7.08. The highest BCUT2D eigenvalue weighted by Gasteiger charge is 2.27. The molecule has 1 N–H and O–H groups in total. The van der Waals surface area contributed by atoms with Crippen LogP contribution in [-0.2, 0) is 4.79 Å². The zero-order valence-electron chi connectivity index (χ0n) is 14.2. The van der Waals surface area contributed by atoms with Gasteiger partial charge in [0, 0.05) is 37.8 Å². The Labute approximate surface area is 145 Å². The van der Waals surface area contributed by atoms with Crippen LogP contribution in [0.1, 0.15) is 36.0 Å². The van der Waals surface area contributed by atoms with E-state index in [1.54, 1.807) is 22.9 Å². The normalized spacial score (nSPS) is 16.6. The van der Waals surface area contributed by atoms with Crippen molar-refractivity contribution in [3.63, 3.8) is 0 Å². The van der Waals surface area contributed by atoms with Crippen molar-refractivity contribution >= 4 is 23.2 Å². The third kappa shape index (κ3) is 4.07. The lowest BCUT2D eigenvalue weighted by atomic mass is 10.1. The summed E-state index contributed by atoms with van der Waals surface area (Å²) in [5, 5.41) is 14.2. The maximum absolute atomic E-state index is 12.3. The number of benzene rings is 1. The second-order valence-corrected chi connectivity index (χ2v) is 6.65. The van der Waals surface area contributed by atoms with Crippen molar-refractivity contribution in [1.29, 1.82) is 0 Å². The van der Waals surface area contributed by atoms with Crippen molar-refractivity contribution in [3.8, 4) is 0 Å². The van der Waals surface area contributed by atoms with Gasteiger partial charge in [-0.15, -0.1) is 0 Å². The van der Waals surface area contributed by atoms with Crippen LogP contribution in [-0.4, -0.2) is 54.4 Å². The molecule has 0 bridgehead atoms. The van der Waals surface area contributed by atoms with Crippen LogP contribution in [0.3, 0.4) is 0 Å². The van der Waals surface area contributed by atoms with E-state index in [9.17, 15) is 19.7 Å². The summed E-state index contributed by atoms with van der Waals surface area (Å²) in [5.74, 6) is -0.335. The molecule has 1 saturated carbocycles. The molecule has 0 spiro atoms. The Bertz CT molecular complexity index is 696. The van der Waals surface area contributed by atoms with Crippen molar-refractivity contribution in [2.75, 3.05) is 31.6 Å². The molecule has 1 saturated heterocycles. The fraction of sp³-hybridized carbons (Fsp3) is 0.529. The van der Waals surface area contributed by atoms with Crippen molar-refractivity contribution in [2.45, 2.75) is 31.7 Å². The topological polar surface area (TPSA) is 95.8 Å². The molecule has 0 aromatic heterocycles. The van der Waals surface area contributed by atoms with Crippen molar-refractivity contribution in [3.05, 3.63) is 33.9 Å². The zero-order valence-corrected chi connectivity index (χ0v) is 14.2. The Morgan fingerprint density at radius 2 is 2.00 bits per heavy atom. The van der Waals surface area contributed by atoms with E-state index in [1.165, 1.54) is 12.1 Å². The molecule has 1 aromatic rings. The highest BCUT2D eigenvalue weighted by Crippen LogP contribution is 2.29. The van der Waals surface area contributed by atoms with Gasteiger partial charge in [0.05, 0.1) is 11.5 Å². The van der Waals surface area contributed by atoms with E-state index in [-0.39, 0.29) is 35.7 Å². The predicted octanol–water partition coefficient (Wildman–Crippen LogP) is 1.55. The van der Waals surface area contributed by atoms with Gasteiger partial charge in [-0.2, -0.15) is 0 Å². The molecule has 1 heterocycles. The number of nitro groups is 1. The fourth-order valence-corrected chi connectivity index (χ4v) is 2.98. The largest absolute Gasteiger partial charge is 0.360 e. The van der Waals surface area contributed by atoms with Gasteiger partial charge in [-0.1, -0.05) is 0 Å². The third-order valence-electron chi connectivity index (χ3n) is 4.59. The van der Waals surface area contributed by atoms with Crippen LogP contribution in [0, 0.1) is 10.1 Å². The number of rotatable bonds is 6. The van der Waals surface area contributed by atoms with E-state index in [4.69, 9.17) is 0 Å². The van der Waals surface area contributed by atoms with Gasteiger partial charge in [-0.3, -0.25) is 19.7 Å². The van der Waals surface area contributed by atoms with Gasteiger partial charge in [-0.05, 0) is 37.8 Å². The quantitative estimate of drug-likeness (QED) is 0.623. The Kier molecular flexibility index (Phi) is 4.87. The molecule has 0 atom stereocenters. The van der Waals surface area contributed by atoms with E-state index < -0.39 is 4.92 Å². The minimum atomic E-state index is -0.514. The molecule has 0 unspecified atom stereocenters. The second-order valence-electron chi connectivity index (χ2n) is 6.65. The number of hydrogen-bond acceptors (Lipinski definition) is 5. The molecule has 134 valence electrons. The highest BCUT2D eigenvalue weighted by atomic mass is 16.6. The number of anilines is 1. The standard InChI is InChI=1S/C17H22N4O4/c1-19(11-16(22)20-8-2-3-9-20)14-7-4-12(10-15(14)21(24)25)17(23)18-13-5-6-13/h4,7,10,13H,2-3,5-6,8-9,11H2,1H3,(H,18,23). The van der Waals surface area contributed by atoms with Crippen LogP contribution in [0.5, 0.6) is 0 Å². The monoisotopic (exact) mass is 346 g/mol. The van der Waals surface area contributed by atoms with Crippen molar-refractivity contribution in [1.82, 2.24) is 10.2 Å². The Balaban J connectivity index is 1.75. The first-order valence-corrected chi connectivity index (χ1v) is 8.54. The summed E-state index contributed by atoms with van der Waals surface area (Å²) in [6, 6.07) is 4.57. The summed E-state index contributed by atoms with van der Waals surface area (Å²) in [6.07, 6.45) is 3.90. The first-order valence-electron chi connectivity index (χ1n) is 8.54. The van der Waals surface area contributed by atoms with Crippen LogP contribution in [0.2, 0.25) is 0 Å². The molecular weight excluding hydrogens is 324 g/mol. The first-order chi connectivity index (χ1) is 12.0. The van der Waals surface area contributed by atoms with Gasteiger partial charge in [0.15, 0.2) is 0 Å². The molecule has 1 aliphatic heterocycles. The molecule has 2 fully saturated rings. The van der Waals surface area contributed by atoms with E-state index in [0.717, 1.165) is 38.8 Å². The number of carbonyl (C=O) groups excluding carboxylic acids is 2. The van der Waals surface area contributed by atoms with Gasteiger partial charge in [0.2, 0.25) is 5.91 Å². The summed E-state index contributed by atoms with van der Waals surface area (Å²) in [7, 11) is 1.65. The predicted molar refractivity (Wildman–Crippen MR) is 92.7 cm³/mol. The summed E-state index contributed by atoms with van der Waals surface area (Å²) in [5.41, 5.74) is 0.433. The number of likely N-dealkylation sites (N-methyl/N-ethyl adjacent to an activating group) is 1. The molecule has 2 aliphatic rings. The average Bonchev–Trinajstić information content (AvgIpc) is 3.22. The van der Waals surface area contributed by atoms with Crippen LogP contribution < -0.4 is 10.2 Å². The molecule has 1 aromatic carbocycles. The number of likely N-dealkylation sites (tertiary alicyclic amines) is 1. The Morgan fingerprint density at radius 3 is 2.60 bits per heavy atom. The lowest BCUT2D eigenvalue weighted by molar-refractivity contribution is -0.384. The molecule has 1 aliphatic carbocycles. The molecule has 0 radical (unpaired) electrons. The first kappa shape index (κ1) is 17.2.